The maximum atomic E-state index is 12.8. The molecule has 0 bridgehead atoms. The van der Waals surface area contributed by atoms with E-state index in [-0.39, 0.29) is 23.9 Å². The molecule has 22 heavy (non-hydrogen) atoms. The SMILES string of the molecule is CC(CC(O)c1ccc(F)cc1)NC(=O)CCC1CCCO1. The van der Waals surface area contributed by atoms with E-state index in [1.807, 2.05) is 6.92 Å². The molecule has 3 atom stereocenters. The maximum absolute atomic E-state index is 12.8. The Kier molecular flexibility index (Phi) is 6.34. The number of carbonyl (C=O) groups excluding carboxylic acids is 1. The summed E-state index contributed by atoms with van der Waals surface area (Å²) in [5, 5.41) is 13.0. The zero-order valence-electron chi connectivity index (χ0n) is 12.9. The molecule has 0 saturated carbocycles. The van der Waals surface area contributed by atoms with E-state index in [1.54, 1.807) is 12.1 Å². The number of amides is 1. The number of hydrogen-bond donors (Lipinski definition) is 2. The average molecular weight is 309 g/mol. The Morgan fingerprint density at radius 1 is 1.45 bits per heavy atom. The smallest absolute Gasteiger partial charge is 0.220 e. The maximum Gasteiger partial charge on any atom is 0.220 e. The Morgan fingerprint density at radius 3 is 2.82 bits per heavy atom. The summed E-state index contributed by atoms with van der Waals surface area (Å²) in [4.78, 5) is 11.9. The minimum absolute atomic E-state index is 0.0192. The van der Waals surface area contributed by atoms with Gasteiger partial charge < -0.3 is 15.2 Å². The Labute approximate surface area is 130 Å². The van der Waals surface area contributed by atoms with Crippen molar-refractivity contribution in [3.63, 3.8) is 0 Å². The predicted octanol–water partition coefficient (Wildman–Crippen LogP) is 2.71. The number of rotatable bonds is 7. The van der Waals surface area contributed by atoms with E-state index < -0.39 is 6.10 Å². The fraction of sp³-hybridized carbons (Fsp3) is 0.588. The van der Waals surface area contributed by atoms with Gasteiger partial charge in [-0.15, -0.1) is 0 Å². The van der Waals surface area contributed by atoms with Gasteiger partial charge in [0.05, 0.1) is 12.2 Å². The van der Waals surface area contributed by atoms with E-state index >= 15 is 0 Å². The van der Waals surface area contributed by atoms with Gasteiger partial charge in [0.2, 0.25) is 5.91 Å². The standard InChI is InChI=1S/C17H24FNO3/c1-12(11-16(20)13-4-6-14(18)7-5-13)19-17(21)9-8-15-3-2-10-22-15/h4-7,12,15-16,20H,2-3,8-11H2,1H3,(H,19,21). The van der Waals surface area contributed by atoms with Crippen molar-refractivity contribution in [3.05, 3.63) is 35.6 Å². The summed E-state index contributed by atoms with van der Waals surface area (Å²) in [5.41, 5.74) is 0.654. The average Bonchev–Trinajstić information content (AvgIpc) is 2.99. The van der Waals surface area contributed by atoms with E-state index in [0.29, 0.717) is 18.4 Å². The molecule has 1 heterocycles. The minimum atomic E-state index is -0.714. The molecular formula is C17H24FNO3. The number of carbonyl (C=O) groups is 1. The zero-order valence-corrected chi connectivity index (χ0v) is 12.9. The number of aliphatic hydroxyl groups excluding tert-OH is 1. The second-order valence-corrected chi connectivity index (χ2v) is 5.95. The summed E-state index contributed by atoms with van der Waals surface area (Å²) in [6.45, 7) is 2.66. The van der Waals surface area contributed by atoms with E-state index in [9.17, 15) is 14.3 Å². The van der Waals surface area contributed by atoms with Crippen LogP contribution in [0.4, 0.5) is 4.39 Å². The molecule has 1 aliphatic heterocycles. The molecule has 3 unspecified atom stereocenters. The van der Waals surface area contributed by atoms with E-state index in [1.165, 1.54) is 12.1 Å². The third-order valence-electron chi connectivity index (χ3n) is 3.96. The van der Waals surface area contributed by atoms with Gasteiger partial charge in [0.15, 0.2) is 0 Å². The summed E-state index contributed by atoms with van der Waals surface area (Å²) < 4.78 is 18.3. The van der Waals surface area contributed by atoms with Gasteiger partial charge >= 0.3 is 0 Å². The van der Waals surface area contributed by atoms with Crippen molar-refractivity contribution in [2.24, 2.45) is 0 Å². The van der Waals surface area contributed by atoms with Crippen molar-refractivity contribution < 1.29 is 19.0 Å². The van der Waals surface area contributed by atoms with Crippen molar-refractivity contribution in [1.82, 2.24) is 5.32 Å². The first kappa shape index (κ1) is 16.9. The Balaban J connectivity index is 1.70. The molecular weight excluding hydrogens is 285 g/mol. The van der Waals surface area contributed by atoms with Gasteiger partial charge in [-0.05, 0) is 50.3 Å². The molecule has 1 saturated heterocycles. The van der Waals surface area contributed by atoms with Crippen molar-refractivity contribution in [1.29, 1.82) is 0 Å². The van der Waals surface area contributed by atoms with Crippen LogP contribution >= 0.6 is 0 Å². The van der Waals surface area contributed by atoms with Gasteiger partial charge in [-0.1, -0.05) is 12.1 Å². The molecule has 1 amide bonds. The number of hydrogen-bond acceptors (Lipinski definition) is 3. The van der Waals surface area contributed by atoms with Gasteiger partial charge in [-0.3, -0.25) is 4.79 Å². The summed E-state index contributed by atoms with van der Waals surface area (Å²) in [5.74, 6) is -0.347. The molecule has 4 nitrogen and oxygen atoms in total. The van der Waals surface area contributed by atoms with Crippen molar-refractivity contribution in [2.75, 3.05) is 6.61 Å². The zero-order chi connectivity index (χ0) is 15.9. The number of halogens is 1. The highest BCUT2D eigenvalue weighted by molar-refractivity contribution is 5.76. The number of benzene rings is 1. The molecule has 2 N–H and O–H groups in total. The lowest BCUT2D eigenvalue weighted by atomic mass is 10.0. The largest absolute Gasteiger partial charge is 0.388 e. The van der Waals surface area contributed by atoms with Crippen LogP contribution in [-0.2, 0) is 9.53 Å². The lowest BCUT2D eigenvalue weighted by molar-refractivity contribution is -0.122. The predicted molar refractivity (Wildman–Crippen MR) is 81.8 cm³/mol. The van der Waals surface area contributed by atoms with Crippen molar-refractivity contribution >= 4 is 5.91 Å². The molecule has 0 spiro atoms. The van der Waals surface area contributed by atoms with Gasteiger partial charge in [0.25, 0.3) is 0 Å². The molecule has 1 aliphatic rings. The van der Waals surface area contributed by atoms with E-state index in [4.69, 9.17) is 4.74 Å². The fourth-order valence-electron chi connectivity index (χ4n) is 2.73. The van der Waals surface area contributed by atoms with Crippen LogP contribution in [0.3, 0.4) is 0 Å². The fourth-order valence-corrected chi connectivity index (χ4v) is 2.73. The topological polar surface area (TPSA) is 58.6 Å². The first-order chi connectivity index (χ1) is 10.5. The monoisotopic (exact) mass is 309 g/mol. The normalized spacial score (nSPS) is 20.6. The van der Waals surface area contributed by atoms with Gasteiger partial charge in [0.1, 0.15) is 5.82 Å². The summed E-state index contributed by atoms with van der Waals surface area (Å²) >= 11 is 0. The van der Waals surface area contributed by atoms with E-state index in [2.05, 4.69) is 5.32 Å². The molecule has 0 aromatic heterocycles. The lowest BCUT2D eigenvalue weighted by Gasteiger charge is -2.18. The van der Waals surface area contributed by atoms with E-state index in [0.717, 1.165) is 25.9 Å². The third kappa shape index (κ3) is 5.39. The first-order valence-corrected chi connectivity index (χ1v) is 7.89. The second-order valence-electron chi connectivity index (χ2n) is 5.95. The lowest BCUT2D eigenvalue weighted by Crippen LogP contribution is -2.34. The minimum Gasteiger partial charge on any atom is -0.388 e. The van der Waals surface area contributed by atoms with Crippen LogP contribution in [0.1, 0.15) is 50.7 Å². The van der Waals surface area contributed by atoms with Gasteiger partial charge in [-0.25, -0.2) is 4.39 Å². The molecule has 122 valence electrons. The summed E-state index contributed by atoms with van der Waals surface area (Å²) in [6, 6.07) is 5.63. The Bertz CT molecular complexity index is 471. The summed E-state index contributed by atoms with van der Waals surface area (Å²) in [6.07, 6.45) is 3.20. The molecule has 0 radical (unpaired) electrons. The highest BCUT2D eigenvalue weighted by atomic mass is 19.1. The Hall–Kier alpha value is -1.46. The Morgan fingerprint density at radius 2 is 2.18 bits per heavy atom. The molecule has 2 rings (SSSR count). The van der Waals surface area contributed by atoms with Crippen LogP contribution in [0.25, 0.3) is 0 Å². The third-order valence-corrected chi connectivity index (χ3v) is 3.96. The van der Waals surface area contributed by atoms with Crippen LogP contribution in [0.5, 0.6) is 0 Å². The first-order valence-electron chi connectivity index (χ1n) is 7.89. The van der Waals surface area contributed by atoms with Crippen molar-refractivity contribution in [3.8, 4) is 0 Å². The van der Waals surface area contributed by atoms with Crippen LogP contribution in [0.15, 0.2) is 24.3 Å². The van der Waals surface area contributed by atoms with Crippen LogP contribution < -0.4 is 5.32 Å². The van der Waals surface area contributed by atoms with Crippen LogP contribution in [0, 0.1) is 5.82 Å². The number of ether oxygens (including phenoxy) is 1. The number of aliphatic hydroxyl groups is 1. The second kappa shape index (κ2) is 8.25. The molecule has 1 aromatic carbocycles. The van der Waals surface area contributed by atoms with Crippen molar-refractivity contribution in [2.45, 2.75) is 57.3 Å². The molecule has 5 heteroatoms. The molecule has 1 aromatic rings. The highest BCUT2D eigenvalue weighted by Crippen LogP contribution is 2.19. The summed E-state index contributed by atoms with van der Waals surface area (Å²) in [7, 11) is 0. The molecule has 1 fully saturated rings. The molecule has 0 aliphatic carbocycles. The van der Waals surface area contributed by atoms with Crippen LogP contribution in [-0.4, -0.2) is 29.8 Å². The van der Waals surface area contributed by atoms with Gasteiger partial charge in [0, 0.05) is 19.1 Å². The van der Waals surface area contributed by atoms with Gasteiger partial charge in [-0.2, -0.15) is 0 Å². The van der Waals surface area contributed by atoms with Crippen LogP contribution in [0.2, 0.25) is 0 Å². The highest BCUT2D eigenvalue weighted by Gasteiger charge is 2.18. The number of nitrogens with one attached hydrogen (secondary N) is 1. The quantitative estimate of drug-likeness (QED) is 0.814.